The summed E-state index contributed by atoms with van der Waals surface area (Å²) in [5.41, 5.74) is 1.44. The molecule has 0 saturated heterocycles. The van der Waals surface area contributed by atoms with E-state index in [4.69, 9.17) is 33.0 Å². The van der Waals surface area contributed by atoms with Crippen LogP contribution in [0.3, 0.4) is 0 Å². The molecule has 6 heteroatoms. The Bertz CT molecular complexity index is 793. The van der Waals surface area contributed by atoms with Gasteiger partial charge in [-0.1, -0.05) is 34.9 Å². The number of thiophene rings is 1. The highest BCUT2D eigenvalue weighted by atomic mass is 35.5. The summed E-state index contributed by atoms with van der Waals surface area (Å²) in [6.07, 6.45) is 7.45. The van der Waals surface area contributed by atoms with Crippen LogP contribution in [0.2, 0.25) is 10.0 Å². The van der Waals surface area contributed by atoms with Gasteiger partial charge in [0.1, 0.15) is 10.6 Å². The molecule has 1 N–H and O–H groups in total. The van der Waals surface area contributed by atoms with Crippen molar-refractivity contribution < 1.29 is 14.6 Å². The molecular formula is C20H20Cl2O3S. The quantitative estimate of drug-likeness (QED) is 0.505. The van der Waals surface area contributed by atoms with E-state index >= 15 is 0 Å². The Morgan fingerprint density at radius 1 is 1.19 bits per heavy atom. The predicted octanol–water partition coefficient (Wildman–Crippen LogP) is 6.49. The smallest absolute Gasteiger partial charge is 0.345 e. The third-order valence-electron chi connectivity index (χ3n) is 4.49. The summed E-state index contributed by atoms with van der Waals surface area (Å²) < 4.78 is 5.90. The molecule has 0 fully saturated rings. The number of ether oxygens (including phenoxy) is 1. The van der Waals surface area contributed by atoms with Crippen LogP contribution in [-0.2, 0) is 6.42 Å². The van der Waals surface area contributed by atoms with E-state index in [2.05, 4.69) is 6.08 Å². The molecular weight excluding hydrogens is 391 g/mol. The van der Waals surface area contributed by atoms with Crippen molar-refractivity contribution in [2.24, 2.45) is 5.92 Å². The first-order valence-corrected chi connectivity index (χ1v) is 10.2. The molecule has 1 aliphatic rings. The summed E-state index contributed by atoms with van der Waals surface area (Å²) in [5, 5.41) is 10.1. The van der Waals surface area contributed by atoms with Crippen molar-refractivity contribution >= 4 is 40.5 Å². The minimum Gasteiger partial charge on any atom is -0.493 e. The Hall–Kier alpha value is -1.49. The first-order valence-electron chi connectivity index (χ1n) is 8.61. The second-order valence-corrected chi connectivity index (χ2v) is 8.44. The number of halogens is 2. The number of carbonyl (C=O) groups is 1. The van der Waals surface area contributed by atoms with Crippen LogP contribution >= 0.6 is 34.5 Å². The maximum absolute atomic E-state index is 10.9. The molecule has 2 aromatic rings. The van der Waals surface area contributed by atoms with Crippen LogP contribution in [-0.4, -0.2) is 17.7 Å². The standard InChI is InChI=1S/C20H20Cl2O3S/c21-15-9-16(22)11-17(10-15)25-12-14-5-1-3-13(14)4-2-6-18-7-8-19(26-18)20(23)24/h3,7-11,14H,1-2,4-6,12H2,(H,23,24)/t14-/m1/s1. The Kier molecular flexibility index (Phi) is 6.63. The fourth-order valence-electron chi connectivity index (χ4n) is 3.22. The molecule has 0 radical (unpaired) electrons. The van der Waals surface area contributed by atoms with E-state index in [1.54, 1.807) is 24.3 Å². The Labute approximate surface area is 167 Å². The Morgan fingerprint density at radius 2 is 1.96 bits per heavy atom. The van der Waals surface area contributed by atoms with Crippen molar-refractivity contribution in [1.82, 2.24) is 0 Å². The highest BCUT2D eigenvalue weighted by molar-refractivity contribution is 7.13. The van der Waals surface area contributed by atoms with Crippen LogP contribution in [0.4, 0.5) is 0 Å². The lowest BCUT2D eigenvalue weighted by molar-refractivity contribution is 0.0702. The van der Waals surface area contributed by atoms with Gasteiger partial charge in [-0.15, -0.1) is 11.3 Å². The highest BCUT2D eigenvalue weighted by Gasteiger charge is 2.20. The zero-order valence-corrected chi connectivity index (χ0v) is 16.5. The van der Waals surface area contributed by atoms with Crippen LogP contribution in [0, 0.1) is 5.92 Å². The normalized spacial score (nSPS) is 16.5. The molecule has 1 aromatic carbocycles. The van der Waals surface area contributed by atoms with Gasteiger partial charge >= 0.3 is 5.97 Å². The van der Waals surface area contributed by atoms with Crippen molar-refractivity contribution in [3.8, 4) is 5.75 Å². The lowest BCUT2D eigenvalue weighted by Crippen LogP contribution is -2.12. The summed E-state index contributed by atoms with van der Waals surface area (Å²) >= 11 is 13.4. The largest absolute Gasteiger partial charge is 0.493 e. The minimum atomic E-state index is -0.849. The first kappa shape index (κ1) is 19.3. The number of rotatable bonds is 8. The molecule has 0 unspecified atom stereocenters. The molecule has 1 heterocycles. The van der Waals surface area contributed by atoms with Gasteiger partial charge in [-0.2, -0.15) is 0 Å². The van der Waals surface area contributed by atoms with Crippen molar-refractivity contribution in [2.75, 3.05) is 6.61 Å². The third kappa shape index (κ3) is 5.26. The molecule has 3 nitrogen and oxygen atoms in total. The van der Waals surface area contributed by atoms with Gasteiger partial charge in [0.15, 0.2) is 0 Å². The topological polar surface area (TPSA) is 46.5 Å². The summed E-state index contributed by atoms with van der Waals surface area (Å²) in [4.78, 5) is 12.5. The molecule has 0 aliphatic heterocycles. The number of carboxylic acids is 1. The van der Waals surface area contributed by atoms with Crippen molar-refractivity contribution in [2.45, 2.75) is 32.1 Å². The van der Waals surface area contributed by atoms with E-state index in [0.29, 0.717) is 33.2 Å². The van der Waals surface area contributed by atoms with E-state index in [9.17, 15) is 4.79 Å². The molecule has 1 atom stereocenters. The van der Waals surface area contributed by atoms with Crippen LogP contribution in [0.5, 0.6) is 5.75 Å². The van der Waals surface area contributed by atoms with Gasteiger partial charge < -0.3 is 9.84 Å². The SMILES string of the molecule is O=C(O)c1ccc(CCCC2=CCC[C@@H]2COc2cc(Cl)cc(Cl)c2)s1. The van der Waals surface area contributed by atoms with E-state index in [-0.39, 0.29) is 0 Å². The monoisotopic (exact) mass is 410 g/mol. The third-order valence-corrected chi connectivity index (χ3v) is 6.06. The summed E-state index contributed by atoms with van der Waals surface area (Å²) in [5.74, 6) is 0.275. The molecule has 0 saturated carbocycles. The van der Waals surface area contributed by atoms with Gasteiger partial charge in [0, 0.05) is 20.8 Å². The van der Waals surface area contributed by atoms with Gasteiger partial charge in [0.2, 0.25) is 0 Å². The van der Waals surface area contributed by atoms with Crippen LogP contribution in [0.25, 0.3) is 0 Å². The fraction of sp³-hybridized carbons (Fsp3) is 0.350. The van der Waals surface area contributed by atoms with Gasteiger partial charge in [-0.3, -0.25) is 0 Å². The predicted molar refractivity (Wildman–Crippen MR) is 107 cm³/mol. The number of allylic oxidation sites excluding steroid dienone is 1. The second-order valence-electron chi connectivity index (χ2n) is 6.39. The molecule has 138 valence electrons. The molecule has 1 aliphatic carbocycles. The van der Waals surface area contributed by atoms with Crippen LogP contribution in [0.15, 0.2) is 42.0 Å². The lowest BCUT2D eigenvalue weighted by atomic mass is 9.97. The number of benzene rings is 1. The van der Waals surface area contributed by atoms with Gasteiger partial charge in [-0.05, 0) is 62.4 Å². The lowest BCUT2D eigenvalue weighted by Gasteiger charge is -2.16. The zero-order chi connectivity index (χ0) is 18.5. The van der Waals surface area contributed by atoms with E-state index < -0.39 is 5.97 Å². The first-order chi connectivity index (χ1) is 12.5. The average molecular weight is 411 g/mol. The molecule has 0 spiro atoms. The summed E-state index contributed by atoms with van der Waals surface area (Å²) in [7, 11) is 0. The highest BCUT2D eigenvalue weighted by Crippen LogP contribution is 2.32. The van der Waals surface area contributed by atoms with Crippen LogP contribution in [0.1, 0.15) is 40.2 Å². The Balaban J connectivity index is 1.47. The number of hydrogen-bond acceptors (Lipinski definition) is 3. The fourth-order valence-corrected chi connectivity index (χ4v) is 4.62. The number of carboxylic acid groups (broad SMARTS) is 1. The molecule has 0 amide bonds. The van der Waals surface area contributed by atoms with Crippen molar-refractivity contribution in [3.63, 3.8) is 0 Å². The zero-order valence-electron chi connectivity index (χ0n) is 14.2. The van der Waals surface area contributed by atoms with Gasteiger partial charge in [-0.25, -0.2) is 4.79 Å². The second kappa shape index (κ2) is 8.94. The van der Waals surface area contributed by atoms with Gasteiger partial charge in [0.05, 0.1) is 6.61 Å². The van der Waals surface area contributed by atoms with E-state index in [1.165, 1.54) is 16.9 Å². The average Bonchev–Trinajstić information content (AvgIpc) is 3.21. The summed E-state index contributed by atoms with van der Waals surface area (Å²) in [6.45, 7) is 0.630. The van der Waals surface area contributed by atoms with Crippen molar-refractivity contribution in [3.05, 3.63) is 61.8 Å². The van der Waals surface area contributed by atoms with E-state index in [1.807, 2.05) is 6.07 Å². The maximum Gasteiger partial charge on any atom is 0.345 e. The molecule has 1 aromatic heterocycles. The maximum atomic E-state index is 10.9. The minimum absolute atomic E-state index is 0.409. The Morgan fingerprint density at radius 3 is 2.65 bits per heavy atom. The molecule has 3 rings (SSSR count). The summed E-state index contributed by atoms with van der Waals surface area (Å²) in [6, 6.07) is 8.85. The number of hydrogen-bond donors (Lipinski definition) is 1. The van der Waals surface area contributed by atoms with Crippen molar-refractivity contribution in [1.29, 1.82) is 0 Å². The number of aromatic carboxylic acids is 1. The van der Waals surface area contributed by atoms with Gasteiger partial charge in [0.25, 0.3) is 0 Å². The molecule has 26 heavy (non-hydrogen) atoms. The van der Waals surface area contributed by atoms with Crippen LogP contribution < -0.4 is 4.74 Å². The number of aryl methyl sites for hydroxylation is 1. The van der Waals surface area contributed by atoms with E-state index in [0.717, 1.165) is 37.0 Å². The molecule has 0 bridgehead atoms.